The lowest BCUT2D eigenvalue weighted by Gasteiger charge is -2.30. The van der Waals surface area contributed by atoms with Crippen LogP contribution in [-0.4, -0.2) is 11.7 Å². The normalized spacial score (nSPS) is 12.1. The second-order valence-electron chi connectivity index (χ2n) is 9.61. The number of benzene rings is 2. The van der Waals surface area contributed by atoms with Crippen LogP contribution in [0.1, 0.15) is 68.8 Å². The van der Waals surface area contributed by atoms with Crippen LogP contribution in [0.5, 0.6) is 5.75 Å². The van der Waals surface area contributed by atoms with Gasteiger partial charge in [-0.1, -0.05) is 41.5 Å². The number of furan rings is 1. The van der Waals surface area contributed by atoms with E-state index in [2.05, 4.69) is 16.3 Å². The Morgan fingerprint density at radius 3 is 2.32 bits per heavy atom. The third-order valence-electron chi connectivity index (χ3n) is 4.98. The molecule has 7 heteroatoms. The van der Waals surface area contributed by atoms with Gasteiger partial charge in [-0.2, -0.15) is 0 Å². The molecule has 4 N–H and O–H groups in total. The molecular formula is C24H27N3O4. The minimum atomic E-state index is -0.430. The molecule has 3 aromatic rings. The van der Waals surface area contributed by atoms with Crippen molar-refractivity contribution in [1.82, 2.24) is 0 Å². The highest BCUT2D eigenvalue weighted by atomic mass is 17.1. The van der Waals surface area contributed by atoms with Crippen molar-refractivity contribution in [2.75, 3.05) is 5.32 Å². The fraction of sp³-hybridized carbons (Fsp3) is 0.333. The molecule has 3 rings (SSSR count). The standard InChI is InChI=1S/C24H27N3O4/c1-23(2,3)16-11-15(31-29)12-17(24(4,5)6)20(16)27-22(28)19-10-14-9-13(21(25)26)7-8-18(14)30-19/h7-11H,1-6H3,(H3,25,26)(H,27,28). The molecule has 2 radical (unpaired) electrons. The summed E-state index contributed by atoms with van der Waals surface area (Å²) in [5.74, 6) is -0.288. The number of carbonyl (C=O) groups excluding carboxylic acids is 1. The Morgan fingerprint density at radius 1 is 1.10 bits per heavy atom. The van der Waals surface area contributed by atoms with Gasteiger partial charge in [0.05, 0.1) is 0 Å². The van der Waals surface area contributed by atoms with Crippen LogP contribution in [0, 0.1) is 11.5 Å². The van der Waals surface area contributed by atoms with Gasteiger partial charge in [-0.25, -0.2) is 0 Å². The molecule has 0 aliphatic heterocycles. The Hall–Kier alpha value is -3.32. The first kappa shape index (κ1) is 22.4. The summed E-state index contributed by atoms with van der Waals surface area (Å²) in [5, 5.41) is 22.4. The van der Waals surface area contributed by atoms with Crippen molar-refractivity contribution in [3.63, 3.8) is 0 Å². The minimum absolute atomic E-state index is 0.0602. The van der Waals surface area contributed by atoms with Crippen molar-refractivity contribution < 1.29 is 19.4 Å². The number of carbonyl (C=O) groups is 1. The van der Waals surface area contributed by atoms with Crippen LogP contribution >= 0.6 is 0 Å². The Labute approximate surface area is 181 Å². The van der Waals surface area contributed by atoms with E-state index in [0.29, 0.717) is 27.8 Å². The number of fused-ring (bicyclic) bond motifs is 1. The highest BCUT2D eigenvalue weighted by Crippen LogP contribution is 2.41. The first-order chi connectivity index (χ1) is 14.3. The summed E-state index contributed by atoms with van der Waals surface area (Å²) < 4.78 is 5.72. The minimum Gasteiger partial charge on any atom is -0.451 e. The summed E-state index contributed by atoms with van der Waals surface area (Å²) in [4.78, 5) is 17.4. The van der Waals surface area contributed by atoms with Crippen molar-refractivity contribution >= 4 is 28.4 Å². The van der Waals surface area contributed by atoms with Gasteiger partial charge in [0.25, 0.3) is 5.91 Å². The topological polar surface area (TPSA) is 121 Å². The SMILES string of the molecule is CC(C)(C)c1[c]c(O[O])cc(C(C)(C)C)c1NC(=O)c1cc2cc(C(=N)N)ccc2o1. The zero-order chi connectivity index (χ0) is 23.1. The molecule has 0 unspecified atom stereocenters. The Morgan fingerprint density at radius 2 is 1.77 bits per heavy atom. The molecule has 0 saturated heterocycles. The number of nitrogens with one attached hydrogen (secondary N) is 2. The van der Waals surface area contributed by atoms with Crippen molar-refractivity contribution in [1.29, 1.82) is 5.41 Å². The van der Waals surface area contributed by atoms with E-state index in [9.17, 15) is 10.1 Å². The fourth-order valence-corrected chi connectivity index (χ4v) is 3.39. The van der Waals surface area contributed by atoms with Crippen LogP contribution < -0.4 is 15.9 Å². The molecule has 0 aliphatic rings. The maximum absolute atomic E-state index is 13.1. The fourth-order valence-electron chi connectivity index (χ4n) is 3.39. The number of amides is 1. The van der Waals surface area contributed by atoms with E-state index in [4.69, 9.17) is 15.6 Å². The number of hydrogen-bond acceptors (Lipinski definition) is 4. The molecule has 0 saturated carbocycles. The third-order valence-corrected chi connectivity index (χ3v) is 4.98. The Bertz CT molecular complexity index is 1130. The van der Waals surface area contributed by atoms with E-state index in [1.807, 2.05) is 41.5 Å². The second kappa shape index (κ2) is 7.74. The van der Waals surface area contributed by atoms with Gasteiger partial charge in [0, 0.05) is 28.0 Å². The summed E-state index contributed by atoms with van der Waals surface area (Å²) in [6.45, 7) is 11.9. The number of anilines is 1. The summed E-state index contributed by atoms with van der Waals surface area (Å²) in [6, 6.07) is 11.3. The van der Waals surface area contributed by atoms with Gasteiger partial charge < -0.3 is 20.4 Å². The zero-order valence-electron chi connectivity index (χ0n) is 18.6. The van der Waals surface area contributed by atoms with Crippen molar-refractivity contribution in [2.45, 2.75) is 52.4 Å². The van der Waals surface area contributed by atoms with Gasteiger partial charge >= 0.3 is 0 Å². The van der Waals surface area contributed by atoms with Gasteiger partial charge in [-0.15, -0.1) is 0 Å². The van der Waals surface area contributed by atoms with Gasteiger partial charge in [-0.3, -0.25) is 10.2 Å². The second-order valence-corrected chi connectivity index (χ2v) is 9.61. The molecule has 1 heterocycles. The first-order valence-corrected chi connectivity index (χ1v) is 9.91. The highest BCUT2D eigenvalue weighted by Gasteiger charge is 2.29. The molecule has 0 atom stereocenters. The summed E-state index contributed by atoms with van der Waals surface area (Å²) >= 11 is 0. The van der Waals surface area contributed by atoms with E-state index < -0.39 is 11.3 Å². The van der Waals surface area contributed by atoms with Crippen LogP contribution in [0.15, 0.2) is 34.7 Å². The van der Waals surface area contributed by atoms with Gasteiger partial charge in [0.2, 0.25) is 0 Å². The molecule has 0 fully saturated rings. The average Bonchev–Trinajstić information content (AvgIpc) is 3.09. The maximum atomic E-state index is 13.1. The number of nitrogens with two attached hydrogens (primary N) is 1. The average molecular weight is 421 g/mol. The van der Waals surface area contributed by atoms with Crippen LogP contribution in [0.25, 0.3) is 11.0 Å². The molecular weight excluding hydrogens is 394 g/mol. The van der Waals surface area contributed by atoms with Crippen LogP contribution in [0.4, 0.5) is 5.69 Å². The zero-order valence-corrected chi connectivity index (χ0v) is 18.6. The predicted molar refractivity (Wildman–Crippen MR) is 119 cm³/mol. The van der Waals surface area contributed by atoms with Gasteiger partial charge in [0.1, 0.15) is 11.4 Å². The lowest BCUT2D eigenvalue weighted by atomic mass is 9.78. The Kier molecular flexibility index (Phi) is 5.58. The van der Waals surface area contributed by atoms with Gasteiger partial charge in [0.15, 0.2) is 11.5 Å². The summed E-state index contributed by atoms with van der Waals surface area (Å²) in [5.41, 5.74) is 7.82. The number of rotatable bonds is 4. The largest absolute Gasteiger partial charge is 0.451 e. The maximum Gasteiger partial charge on any atom is 0.291 e. The number of hydrogen-bond donors (Lipinski definition) is 3. The molecule has 1 amide bonds. The van der Waals surface area contributed by atoms with E-state index in [-0.39, 0.29) is 22.8 Å². The number of amidine groups is 1. The van der Waals surface area contributed by atoms with E-state index in [1.54, 1.807) is 30.3 Å². The van der Waals surface area contributed by atoms with Crippen molar-refractivity contribution in [3.05, 3.63) is 58.8 Å². The van der Waals surface area contributed by atoms with Crippen molar-refractivity contribution in [3.8, 4) is 5.75 Å². The molecule has 0 spiro atoms. The van der Waals surface area contributed by atoms with E-state index in [1.165, 1.54) is 0 Å². The van der Waals surface area contributed by atoms with Gasteiger partial charge in [-0.05, 0) is 52.3 Å². The molecule has 1 aromatic heterocycles. The van der Waals surface area contributed by atoms with Crippen LogP contribution in [0.2, 0.25) is 0 Å². The van der Waals surface area contributed by atoms with Crippen LogP contribution in [0.3, 0.4) is 0 Å². The van der Waals surface area contributed by atoms with Crippen molar-refractivity contribution in [2.24, 2.45) is 5.73 Å². The smallest absolute Gasteiger partial charge is 0.291 e. The summed E-state index contributed by atoms with van der Waals surface area (Å²) in [6.07, 6.45) is 0. The predicted octanol–water partition coefficient (Wildman–Crippen LogP) is 5.09. The lowest BCUT2D eigenvalue weighted by Crippen LogP contribution is -2.24. The molecule has 162 valence electrons. The Balaban J connectivity index is 2.09. The monoisotopic (exact) mass is 421 g/mol. The molecule has 7 nitrogen and oxygen atoms in total. The highest BCUT2D eigenvalue weighted by molar-refractivity contribution is 6.06. The molecule has 0 aliphatic carbocycles. The van der Waals surface area contributed by atoms with E-state index >= 15 is 0 Å². The molecule has 31 heavy (non-hydrogen) atoms. The summed E-state index contributed by atoms with van der Waals surface area (Å²) in [7, 11) is 0. The lowest BCUT2D eigenvalue weighted by molar-refractivity contribution is -0.208. The first-order valence-electron chi connectivity index (χ1n) is 9.91. The molecule has 0 bridgehead atoms. The van der Waals surface area contributed by atoms with E-state index in [0.717, 1.165) is 5.56 Å². The van der Waals surface area contributed by atoms with Crippen LogP contribution in [-0.2, 0) is 16.1 Å². The molecule has 2 aromatic carbocycles. The third kappa shape index (κ3) is 4.56. The quantitative estimate of drug-likeness (QED) is 0.235. The number of nitrogen functional groups attached to an aromatic ring is 1.